The van der Waals surface area contributed by atoms with Crippen molar-refractivity contribution in [1.29, 1.82) is 0 Å². The molecule has 9 nitrogen and oxygen atoms in total. The number of unbranched alkanes of at least 4 members (excludes halogenated alkanes) is 16. The standard InChI is InChI=1S/C30H56N2O7S/c1-3-5-7-9-11-13-15-17-19-21-23-27(31)39-29(34)25-26(40(36,37)38)30(35)32-28(33)24-22-20-18-16-14-12-10-8-6-4-2/h21-24,26-28,33H,3-20,25,31H2,1-2H3,(H,32,35)(H,36,37,38). The van der Waals surface area contributed by atoms with Crippen LogP contribution in [0.3, 0.4) is 0 Å². The zero-order valence-corrected chi connectivity index (χ0v) is 25.7. The molecule has 0 aliphatic carbocycles. The van der Waals surface area contributed by atoms with E-state index >= 15 is 0 Å². The molecular formula is C30H56N2O7S. The van der Waals surface area contributed by atoms with Gasteiger partial charge >= 0.3 is 5.97 Å². The van der Waals surface area contributed by atoms with Crippen LogP contribution < -0.4 is 11.1 Å². The molecule has 3 atom stereocenters. The van der Waals surface area contributed by atoms with Gasteiger partial charge in [-0.1, -0.05) is 116 Å². The van der Waals surface area contributed by atoms with Gasteiger partial charge in [0.15, 0.2) is 11.5 Å². The number of nitrogens with two attached hydrogens (primary N) is 1. The molecule has 5 N–H and O–H groups in total. The van der Waals surface area contributed by atoms with Gasteiger partial charge in [-0.3, -0.25) is 19.9 Å². The Balaban J connectivity index is 4.35. The molecule has 10 heteroatoms. The van der Waals surface area contributed by atoms with E-state index < -0.39 is 46.1 Å². The van der Waals surface area contributed by atoms with Crippen LogP contribution in [0, 0.1) is 0 Å². The zero-order chi connectivity index (χ0) is 30.1. The van der Waals surface area contributed by atoms with Crippen molar-refractivity contribution in [1.82, 2.24) is 5.32 Å². The monoisotopic (exact) mass is 588 g/mol. The summed E-state index contributed by atoms with van der Waals surface area (Å²) in [5.74, 6) is -2.26. The molecule has 0 rings (SSSR count). The molecule has 0 bridgehead atoms. The third-order valence-electron chi connectivity index (χ3n) is 6.65. The van der Waals surface area contributed by atoms with Crippen LogP contribution in [-0.2, 0) is 24.4 Å². The number of carbonyl (C=O) groups is 2. The van der Waals surface area contributed by atoms with Crippen molar-refractivity contribution < 1.29 is 32.4 Å². The van der Waals surface area contributed by atoms with E-state index in [1.54, 1.807) is 12.2 Å². The van der Waals surface area contributed by atoms with E-state index in [0.717, 1.165) is 38.5 Å². The lowest BCUT2D eigenvalue weighted by Gasteiger charge is -2.16. The second kappa shape index (κ2) is 25.0. The minimum atomic E-state index is -4.93. The molecular weight excluding hydrogens is 532 g/mol. The molecule has 0 aromatic carbocycles. The predicted octanol–water partition coefficient (Wildman–Crippen LogP) is 6.07. The number of hydrogen-bond donors (Lipinski definition) is 4. The Morgan fingerprint density at radius 1 is 0.775 bits per heavy atom. The molecule has 0 aliphatic rings. The first-order valence-electron chi connectivity index (χ1n) is 15.3. The number of amides is 1. The second-order valence-electron chi connectivity index (χ2n) is 10.5. The van der Waals surface area contributed by atoms with Gasteiger partial charge in [-0.15, -0.1) is 0 Å². The summed E-state index contributed by atoms with van der Waals surface area (Å²) in [4.78, 5) is 24.6. The summed E-state index contributed by atoms with van der Waals surface area (Å²) in [5, 5.41) is 9.98. The fraction of sp³-hybridized carbons (Fsp3) is 0.800. The highest BCUT2D eigenvalue weighted by atomic mass is 32.2. The molecule has 0 saturated heterocycles. The molecule has 0 spiro atoms. The summed E-state index contributed by atoms with van der Waals surface area (Å²) in [6, 6.07) is 0. The summed E-state index contributed by atoms with van der Waals surface area (Å²) < 4.78 is 37.9. The van der Waals surface area contributed by atoms with Gasteiger partial charge in [0.1, 0.15) is 6.23 Å². The number of hydrogen-bond acceptors (Lipinski definition) is 7. The van der Waals surface area contributed by atoms with Crippen LogP contribution in [0.5, 0.6) is 0 Å². The highest BCUT2D eigenvalue weighted by molar-refractivity contribution is 7.87. The van der Waals surface area contributed by atoms with Gasteiger partial charge in [-0.05, 0) is 37.8 Å². The Bertz CT molecular complexity index is 815. The third kappa shape index (κ3) is 23.0. The first kappa shape index (κ1) is 38.2. The summed E-state index contributed by atoms with van der Waals surface area (Å²) in [5.41, 5.74) is 5.76. The van der Waals surface area contributed by atoms with Gasteiger partial charge in [0.25, 0.3) is 10.1 Å². The maximum absolute atomic E-state index is 12.4. The molecule has 40 heavy (non-hydrogen) atoms. The van der Waals surface area contributed by atoms with Gasteiger partial charge in [-0.25, -0.2) is 0 Å². The lowest BCUT2D eigenvalue weighted by atomic mass is 10.1. The third-order valence-corrected chi connectivity index (χ3v) is 7.75. The number of esters is 1. The maximum atomic E-state index is 12.4. The lowest BCUT2D eigenvalue weighted by molar-refractivity contribution is -0.147. The van der Waals surface area contributed by atoms with Gasteiger partial charge in [0.2, 0.25) is 5.91 Å². The van der Waals surface area contributed by atoms with Gasteiger partial charge < -0.3 is 15.2 Å². The SMILES string of the molecule is CCCCCCCCCCC=CC(O)NC(=O)C(CC(=O)OC(N)C=CCCCCCCCCCC)S(=O)(=O)O. The Kier molecular flexibility index (Phi) is 23.9. The molecule has 0 aromatic heterocycles. The minimum absolute atomic E-state index is 0.709. The summed E-state index contributed by atoms with van der Waals surface area (Å²) in [6.07, 6.45) is 23.3. The second-order valence-corrected chi connectivity index (χ2v) is 12.1. The Morgan fingerprint density at radius 3 is 1.65 bits per heavy atom. The van der Waals surface area contributed by atoms with Crippen LogP contribution in [-0.4, -0.2) is 47.7 Å². The van der Waals surface area contributed by atoms with Gasteiger partial charge in [0, 0.05) is 0 Å². The highest BCUT2D eigenvalue weighted by Crippen LogP contribution is 2.12. The average Bonchev–Trinajstić information content (AvgIpc) is 2.88. The van der Waals surface area contributed by atoms with E-state index in [2.05, 4.69) is 19.2 Å². The number of nitrogens with one attached hydrogen (secondary N) is 1. The van der Waals surface area contributed by atoms with E-state index in [0.29, 0.717) is 6.42 Å². The normalized spacial score (nSPS) is 14.4. The van der Waals surface area contributed by atoms with Crippen molar-refractivity contribution in [2.45, 2.75) is 154 Å². The van der Waals surface area contributed by atoms with Crippen molar-refractivity contribution in [3.05, 3.63) is 24.3 Å². The van der Waals surface area contributed by atoms with Crippen LogP contribution in [0.2, 0.25) is 0 Å². The molecule has 0 saturated carbocycles. The fourth-order valence-electron chi connectivity index (χ4n) is 4.26. The van der Waals surface area contributed by atoms with Crippen LogP contribution in [0.15, 0.2) is 24.3 Å². The smallest absolute Gasteiger partial charge is 0.309 e. The number of aliphatic hydroxyl groups excluding tert-OH is 1. The van der Waals surface area contributed by atoms with Crippen molar-refractivity contribution in [2.75, 3.05) is 0 Å². The molecule has 0 heterocycles. The quantitative estimate of drug-likeness (QED) is 0.0312. The molecule has 1 amide bonds. The first-order valence-corrected chi connectivity index (χ1v) is 16.8. The maximum Gasteiger partial charge on any atom is 0.309 e. The van der Waals surface area contributed by atoms with Crippen LogP contribution >= 0.6 is 0 Å². The highest BCUT2D eigenvalue weighted by Gasteiger charge is 2.35. The topological polar surface area (TPSA) is 156 Å². The Hall–Kier alpha value is -1.75. The molecule has 0 radical (unpaired) electrons. The van der Waals surface area contributed by atoms with E-state index in [1.165, 1.54) is 82.8 Å². The fourth-order valence-corrected chi connectivity index (χ4v) is 4.94. The molecule has 0 aliphatic heterocycles. The molecule has 0 aromatic rings. The number of aliphatic hydroxyl groups is 1. The zero-order valence-electron chi connectivity index (χ0n) is 24.9. The molecule has 0 fully saturated rings. The summed E-state index contributed by atoms with van der Waals surface area (Å²) in [6.45, 7) is 4.39. The van der Waals surface area contributed by atoms with E-state index in [4.69, 9.17) is 10.5 Å². The summed E-state index contributed by atoms with van der Waals surface area (Å²) in [7, 11) is -4.93. The number of rotatable bonds is 26. The van der Waals surface area contributed by atoms with Crippen LogP contribution in [0.4, 0.5) is 0 Å². The van der Waals surface area contributed by atoms with Crippen molar-refractivity contribution >= 4 is 22.0 Å². The summed E-state index contributed by atoms with van der Waals surface area (Å²) >= 11 is 0. The predicted molar refractivity (Wildman–Crippen MR) is 161 cm³/mol. The average molecular weight is 589 g/mol. The van der Waals surface area contributed by atoms with Crippen molar-refractivity contribution in [3.63, 3.8) is 0 Å². The Morgan fingerprint density at radius 2 is 1.20 bits per heavy atom. The Labute approximate surface area is 243 Å². The van der Waals surface area contributed by atoms with Gasteiger partial charge in [0.05, 0.1) is 6.42 Å². The first-order chi connectivity index (χ1) is 19.1. The van der Waals surface area contributed by atoms with Crippen molar-refractivity contribution in [2.24, 2.45) is 5.73 Å². The number of carbonyl (C=O) groups excluding carboxylic acids is 2. The number of ether oxygens (including phenoxy) is 1. The molecule has 234 valence electrons. The van der Waals surface area contributed by atoms with Crippen molar-refractivity contribution in [3.8, 4) is 0 Å². The largest absolute Gasteiger partial charge is 0.443 e. The number of allylic oxidation sites excluding steroid dienone is 2. The van der Waals surface area contributed by atoms with E-state index in [1.807, 2.05) is 0 Å². The van der Waals surface area contributed by atoms with E-state index in [-0.39, 0.29) is 0 Å². The lowest BCUT2D eigenvalue weighted by Crippen LogP contribution is -2.45. The van der Waals surface area contributed by atoms with Gasteiger partial charge in [-0.2, -0.15) is 8.42 Å². The van der Waals surface area contributed by atoms with E-state index in [9.17, 15) is 27.7 Å². The van der Waals surface area contributed by atoms with Crippen LogP contribution in [0.1, 0.15) is 136 Å². The minimum Gasteiger partial charge on any atom is -0.443 e. The van der Waals surface area contributed by atoms with Crippen LogP contribution in [0.25, 0.3) is 0 Å². The molecule has 3 unspecified atom stereocenters.